The van der Waals surface area contributed by atoms with E-state index in [1.165, 1.54) is 0 Å². The molecule has 3 amide bonds. The molecule has 2 rings (SSSR count). The van der Waals surface area contributed by atoms with Gasteiger partial charge in [-0.1, -0.05) is 23.7 Å². The third kappa shape index (κ3) is 2.95. The zero-order chi connectivity index (χ0) is 16.3. The van der Waals surface area contributed by atoms with Crippen LogP contribution in [0.1, 0.15) is 25.5 Å². The van der Waals surface area contributed by atoms with Gasteiger partial charge in [0.05, 0.1) is 18.7 Å². The van der Waals surface area contributed by atoms with Crippen LogP contribution in [0.3, 0.4) is 0 Å². The molecule has 0 saturated heterocycles. The molecule has 22 heavy (non-hydrogen) atoms. The van der Waals surface area contributed by atoms with Gasteiger partial charge in [-0.05, 0) is 31.5 Å². The van der Waals surface area contributed by atoms with E-state index in [0.29, 0.717) is 16.3 Å². The zero-order valence-corrected chi connectivity index (χ0v) is 12.9. The molecule has 1 aromatic carbocycles. The molecule has 0 aromatic heterocycles. The molecular weight excluding hydrogens is 306 g/mol. The number of hydrogen-bond acceptors (Lipinski definition) is 4. The average molecular weight is 320 g/mol. The summed E-state index contributed by atoms with van der Waals surface area (Å²) in [5.41, 5.74) is 0.986. The third-order valence-electron chi connectivity index (χ3n) is 3.34. The summed E-state index contributed by atoms with van der Waals surface area (Å²) in [5, 5.41) is 9.94. The van der Waals surface area contributed by atoms with E-state index in [1.54, 1.807) is 38.1 Å². The first-order valence-corrected chi connectivity index (χ1v) is 7.07. The molecule has 0 bridgehead atoms. The van der Waals surface area contributed by atoms with Crippen LogP contribution in [0.15, 0.2) is 29.3 Å². The molecule has 2 atom stereocenters. The van der Waals surface area contributed by atoms with E-state index in [2.05, 4.69) is 11.1 Å². The van der Waals surface area contributed by atoms with Crippen LogP contribution in [-0.4, -0.2) is 29.3 Å². The Hall–Kier alpha value is -2.39. The molecule has 1 aromatic rings. The van der Waals surface area contributed by atoms with Gasteiger partial charge >= 0.3 is 12.1 Å². The van der Waals surface area contributed by atoms with Crippen LogP contribution in [0.4, 0.5) is 9.59 Å². The lowest BCUT2D eigenvalue weighted by Crippen LogP contribution is -2.46. The van der Waals surface area contributed by atoms with Crippen LogP contribution in [0, 0.1) is 17.2 Å². The third-order valence-corrected chi connectivity index (χ3v) is 3.59. The van der Waals surface area contributed by atoms with E-state index in [0.717, 1.165) is 4.90 Å². The Bertz CT molecular complexity index is 664. The summed E-state index contributed by atoms with van der Waals surface area (Å²) in [6.07, 6.45) is -0.816. The van der Waals surface area contributed by atoms with Gasteiger partial charge in [-0.2, -0.15) is 5.26 Å². The smallest absolute Gasteiger partial charge is 0.418 e. The number of nitrogens with zero attached hydrogens (tertiary/aromatic N) is 3. The second-order valence-corrected chi connectivity index (χ2v) is 5.14. The quantitative estimate of drug-likeness (QED) is 0.834. The van der Waals surface area contributed by atoms with Crippen LogP contribution in [0.5, 0.6) is 0 Å². The fraction of sp³-hybridized carbons (Fsp3) is 0.333. The Kier molecular flexibility index (Phi) is 4.78. The number of carbonyl (C=O) groups excluding carboxylic acids is 2. The maximum Gasteiger partial charge on any atom is 0.418 e. The molecule has 6 nitrogen and oxygen atoms in total. The lowest BCUT2D eigenvalue weighted by Gasteiger charge is -2.34. The molecule has 0 radical (unpaired) electrons. The van der Waals surface area contributed by atoms with Crippen molar-refractivity contribution < 1.29 is 14.3 Å². The van der Waals surface area contributed by atoms with Crippen molar-refractivity contribution in [2.24, 2.45) is 10.9 Å². The van der Waals surface area contributed by atoms with Crippen molar-refractivity contribution in [2.45, 2.75) is 19.9 Å². The SMILES string of the molecule is CCOC(=O)N1C(=O)N=C(C)C(C#N)C1c1ccc(Cl)cc1. The standard InChI is InChI=1S/C15H14ClN3O3/c1-3-22-15(21)19-13(10-4-6-11(16)7-5-10)12(8-17)9(2)18-14(19)20/h4-7,12-13H,3H2,1-2H3. The summed E-state index contributed by atoms with van der Waals surface area (Å²) in [4.78, 5) is 28.9. The Labute approximate surface area is 132 Å². The topological polar surface area (TPSA) is 82.8 Å². The van der Waals surface area contributed by atoms with Crippen molar-refractivity contribution in [3.05, 3.63) is 34.9 Å². The van der Waals surface area contributed by atoms with Crippen molar-refractivity contribution in [3.8, 4) is 6.07 Å². The Morgan fingerprint density at radius 1 is 1.45 bits per heavy atom. The second-order valence-electron chi connectivity index (χ2n) is 4.71. The van der Waals surface area contributed by atoms with Crippen molar-refractivity contribution >= 4 is 29.4 Å². The Balaban J connectivity index is 2.52. The first kappa shape index (κ1) is 16.0. The lowest BCUT2D eigenvalue weighted by molar-refractivity contribution is 0.0982. The van der Waals surface area contributed by atoms with Gasteiger partial charge in [-0.3, -0.25) is 0 Å². The van der Waals surface area contributed by atoms with Gasteiger partial charge in [0.25, 0.3) is 0 Å². The summed E-state index contributed by atoms with van der Waals surface area (Å²) in [7, 11) is 0. The van der Waals surface area contributed by atoms with Gasteiger partial charge < -0.3 is 4.74 Å². The van der Waals surface area contributed by atoms with Gasteiger partial charge in [-0.15, -0.1) is 0 Å². The number of halogens is 1. The molecule has 1 aliphatic heterocycles. The zero-order valence-electron chi connectivity index (χ0n) is 12.1. The van der Waals surface area contributed by atoms with E-state index in [4.69, 9.17) is 16.3 Å². The molecular formula is C15H14ClN3O3. The maximum atomic E-state index is 12.1. The minimum Gasteiger partial charge on any atom is -0.449 e. The first-order chi connectivity index (χ1) is 10.5. The van der Waals surface area contributed by atoms with Crippen molar-refractivity contribution in [3.63, 3.8) is 0 Å². The predicted molar refractivity (Wildman–Crippen MR) is 80.7 cm³/mol. The number of ether oxygens (including phenoxy) is 1. The van der Waals surface area contributed by atoms with E-state index < -0.39 is 24.1 Å². The highest BCUT2D eigenvalue weighted by Gasteiger charge is 2.42. The number of urea groups is 1. The number of amides is 3. The van der Waals surface area contributed by atoms with Crippen LogP contribution < -0.4 is 0 Å². The fourth-order valence-corrected chi connectivity index (χ4v) is 2.45. The molecule has 1 aliphatic rings. The van der Waals surface area contributed by atoms with E-state index in [1.807, 2.05) is 0 Å². The minimum absolute atomic E-state index is 0.121. The van der Waals surface area contributed by atoms with Crippen molar-refractivity contribution in [1.82, 2.24) is 4.90 Å². The van der Waals surface area contributed by atoms with E-state index in [-0.39, 0.29) is 6.61 Å². The van der Waals surface area contributed by atoms with Gasteiger partial charge in [0.2, 0.25) is 0 Å². The summed E-state index contributed by atoms with van der Waals surface area (Å²) in [6, 6.07) is 7.21. The fourth-order valence-electron chi connectivity index (χ4n) is 2.32. The highest BCUT2D eigenvalue weighted by Crippen LogP contribution is 2.34. The second kappa shape index (κ2) is 6.58. The van der Waals surface area contributed by atoms with Gasteiger partial charge in [0.15, 0.2) is 0 Å². The summed E-state index contributed by atoms with van der Waals surface area (Å²) < 4.78 is 4.92. The predicted octanol–water partition coefficient (Wildman–Crippen LogP) is 3.57. The number of aliphatic imine (C=N–C) groups is 1. The molecule has 2 unspecified atom stereocenters. The van der Waals surface area contributed by atoms with Gasteiger partial charge in [-0.25, -0.2) is 19.5 Å². The van der Waals surface area contributed by atoms with Crippen LogP contribution in [-0.2, 0) is 4.74 Å². The summed E-state index contributed by atoms with van der Waals surface area (Å²) in [6.45, 7) is 3.35. The Morgan fingerprint density at radius 2 is 2.09 bits per heavy atom. The molecule has 1 heterocycles. The number of rotatable bonds is 2. The van der Waals surface area contributed by atoms with Crippen LogP contribution >= 0.6 is 11.6 Å². The summed E-state index contributed by atoms with van der Waals surface area (Å²) in [5.74, 6) is -0.733. The number of hydrogen-bond donors (Lipinski definition) is 0. The monoisotopic (exact) mass is 319 g/mol. The average Bonchev–Trinajstić information content (AvgIpc) is 2.47. The maximum absolute atomic E-state index is 12.1. The first-order valence-electron chi connectivity index (χ1n) is 6.69. The normalized spacial score (nSPS) is 21.1. The van der Waals surface area contributed by atoms with E-state index >= 15 is 0 Å². The minimum atomic E-state index is -0.816. The van der Waals surface area contributed by atoms with Crippen molar-refractivity contribution in [2.75, 3.05) is 6.61 Å². The molecule has 0 aliphatic carbocycles. The van der Waals surface area contributed by atoms with E-state index in [9.17, 15) is 14.9 Å². The van der Waals surface area contributed by atoms with Gasteiger partial charge in [0, 0.05) is 10.7 Å². The number of nitriles is 1. The molecule has 0 N–H and O–H groups in total. The number of imide groups is 1. The number of benzene rings is 1. The molecule has 114 valence electrons. The lowest BCUT2D eigenvalue weighted by atomic mass is 9.88. The highest BCUT2D eigenvalue weighted by molar-refractivity contribution is 6.30. The van der Waals surface area contributed by atoms with Crippen LogP contribution in [0.25, 0.3) is 0 Å². The Morgan fingerprint density at radius 3 is 2.64 bits per heavy atom. The molecule has 0 fully saturated rings. The molecule has 0 spiro atoms. The van der Waals surface area contributed by atoms with Gasteiger partial charge in [0.1, 0.15) is 5.92 Å². The number of carbonyl (C=O) groups is 2. The van der Waals surface area contributed by atoms with Crippen LogP contribution in [0.2, 0.25) is 5.02 Å². The summed E-state index contributed by atoms with van der Waals surface area (Å²) >= 11 is 5.87. The molecule has 7 heteroatoms. The van der Waals surface area contributed by atoms with Crippen molar-refractivity contribution in [1.29, 1.82) is 5.26 Å². The largest absolute Gasteiger partial charge is 0.449 e. The highest BCUT2D eigenvalue weighted by atomic mass is 35.5. The molecule has 0 saturated carbocycles.